The van der Waals surface area contributed by atoms with Crippen LogP contribution < -0.4 is 0 Å². The van der Waals surface area contributed by atoms with Gasteiger partial charge in [0.25, 0.3) is 0 Å². The first kappa shape index (κ1) is 17.6. The number of ether oxygens (including phenoxy) is 1. The van der Waals surface area contributed by atoms with Crippen LogP contribution in [0.2, 0.25) is 0 Å². The number of carbonyl (C=O) groups excluding carboxylic acids is 1. The Morgan fingerprint density at radius 1 is 1.35 bits per heavy atom. The Kier molecular flexibility index (Phi) is 5.28. The second-order valence-corrected chi connectivity index (χ2v) is 5.99. The van der Waals surface area contributed by atoms with Crippen molar-refractivity contribution < 1.29 is 14.6 Å². The number of nitrogens with one attached hydrogen (secondary N) is 1. The standard InChI is InChI=1S/C19H20N4O3/c1-13-3-5-14(6-4-13)9-23-10-15(7-16(23)11-26-2)17(24)8-18(25)19-20-12-21-22-19/h3-8,10,12,24H,9,11H2,1-2H3,(H,20,21,22). The van der Waals surface area contributed by atoms with Gasteiger partial charge in [-0.2, -0.15) is 5.10 Å². The van der Waals surface area contributed by atoms with Crippen molar-refractivity contribution in [2.45, 2.75) is 20.1 Å². The number of hydrogen-bond donors (Lipinski definition) is 2. The number of aliphatic hydroxyl groups excluding tert-OH is 1. The monoisotopic (exact) mass is 352 g/mol. The Hall–Kier alpha value is -3.19. The van der Waals surface area contributed by atoms with Crippen LogP contribution in [-0.2, 0) is 17.9 Å². The quantitative estimate of drug-likeness (QED) is 0.387. The zero-order valence-electron chi connectivity index (χ0n) is 14.6. The number of aliphatic hydroxyl groups is 1. The lowest BCUT2D eigenvalue weighted by Crippen LogP contribution is -2.04. The molecule has 2 N–H and O–H groups in total. The molecule has 0 fully saturated rings. The van der Waals surface area contributed by atoms with E-state index in [4.69, 9.17) is 4.74 Å². The first-order valence-electron chi connectivity index (χ1n) is 8.11. The highest BCUT2D eigenvalue weighted by Crippen LogP contribution is 2.19. The molecule has 0 aliphatic carbocycles. The number of ketones is 1. The summed E-state index contributed by atoms with van der Waals surface area (Å²) in [6, 6.07) is 10.0. The van der Waals surface area contributed by atoms with Crippen molar-refractivity contribution in [3.63, 3.8) is 0 Å². The molecule has 7 heteroatoms. The molecule has 0 unspecified atom stereocenters. The van der Waals surface area contributed by atoms with E-state index in [1.165, 1.54) is 11.9 Å². The number of H-pyrrole nitrogens is 1. The topological polar surface area (TPSA) is 93.0 Å². The van der Waals surface area contributed by atoms with Gasteiger partial charge in [0.2, 0.25) is 5.78 Å². The number of methoxy groups -OCH3 is 1. The number of carbonyl (C=O) groups is 1. The van der Waals surface area contributed by atoms with Crippen LogP contribution >= 0.6 is 0 Å². The number of rotatable bonds is 7. The van der Waals surface area contributed by atoms with Crippen molar-refractivity contribution >= 4 is 11.5 Å². The van der Waals surface area contributed by atoms with Crippen LogP contribution in [0.3, 0.4) is 0 Å². The summed E-state index contributed by atoms with van der Waals surface area (Å²) in [6.45, 7) is 3.08. The van der Waals surface area contributed by atoms with Crippen molar-refractivity contribution in [1.29, 1.82) is 0 Å². The van der Waals surface area contributed by atoms with Crippen LogP contribution in [0.4, 0.5) is 0 Å². The smallest absolute Gasteiger partial charge is 0.226 e. The van der Waals surface area contributed by atoms with E-state index in [0.717, 1.165) is 17.3 Å². The molecular formula is C19H20N4O3. The van der Waals surface area contributed by atoms with Gasteiger partial charge in [-0.05, 0) is 18.6 Å². The van der Waals surface area contributed by atoms with Crippen LogP contribution in [0.15, 0.2) is 48.9 Å². The Bertz CT molecular complexity index is 909. The molecule has 7 nitrogen and oxygen atoms in total. The van der Waals surface area contributed by atoms with Gasteiger partial charge in [0.15, 0.2) is 5.82 Å². The van der Waals surface area contributed by atoms with Crippen LogP contribution in [0.25, 0.3) is 5.76 Å². The second-order valence-electron chi connectivity index (χ2n) is 5.99. The average molecular weight is 352 g/mol. The highest BCUT2D eigenvalue weighted by molar-refractivity contribution is 6.05. The molecule has 2 aromatic heterocycles. The van der Waals surface area contributed by atoms with Gasteiger partial charge in [-0.25, -0.2) is 4.98 Å². The molecule has 3 aromatic rings. The number of allylic oxidation sites excluding steroid dienone is 1. The highest BCUT2D eigenvalue weighted by atomic mass is 16.5. The van der Waals surface area contributed by atoms with Crippen molar-refractivity contribution in [1.82, 2.24) is 19.7 Å². The van der Waals surface area contributed by atoms with E-state index < -0.39 is 5.78 Å². The first-order chi connectivity index (χ1) is 12.6. The largest absolute Gasteiger partial charge is 0.507 e. The molecular weight excluding hydrogens is 332 g/mol. The molecule has 0 saturated heterocycles. The Morgan fingerprint density at radius 3 is 2.77 bits per heavy atom. The van der Waals surface area contributed by atoms with E-state index in [1.54, 1.807) is 19.4 Å². The third-order valence-corrected chi connectivity index (χ3v) is 3.96. The lowest BCUT2D eigenvalue weighted by Gasteiger charge is -2.08. The predicted molar refractivity (Wildman–Crippen MR) is 96.7 cm³/mol. The van der Waals surface area contributed by atoms with Crippen molar-refractivity contribution in [2.75, 3.05) is 7.11 Å². The number of aromatic nitrogens is 4. The molecule has 26 heavy (non-hydrogen) atoms. The molecule has 0 amide bonds. The lowest BCUT2D eigenvalue weighted by atomic mass is 10.1. The van der Waals surface area contributed by atoms with Gasteiger partial charge in [-0.15, -0.1) is 0 Å². The van der Waals surface area contributed by atoms with Gasteiger partial charge < -0.3 is 14.4 Å². The van der Waals surface area contributed by atoms with E-state index >= 15 is 0 Å². The maximum atomic E-state index is 12.0. The maximum Gasteiger partial charge on any atom is 0.226 e. The summed E-state index contributed by atoms with van der Waals surface area (Å²) in [7, 11) is 1.62. The van der Waals surface area contributed by atoms with Gasteiger partial charge in [-0.3, -0.25) is 9.89 Å². The third kappa shape index (κ3) is 4.07. The van der Waals surface area contributed by atoms with Crippen molar-refractivity contribution in [3.05, 3.63) is 77.1 Å². The maximum absolute atomic E-state index is 12.0. The molecule has 0 atom stereocenters. The molecule has 0 bridgehead atoms. The zero-order valence-corrected chi connectivity index (χ0v) is 14.6. The van der Waals surface area contributed by atoms with E-state index in [9.17, 15) is 9.90 Å². The van der Waals surface area contributed by atoms with Gasteiger partial charge >= 0.3 is 0 Å². The summed E-state index contributed by atoms with van der Waals surface area (Å²) < 4.78 is 7.24. The molecule has 1 aromatic carbocycles. The molecule has 0 saturated carbocycles. The van der Waals surface area contributed by atoms with Crippen molar-refractivity contribution in [2.24, 2.45) is 0 Å². The normalized spacial score (nSPS) is 11.7. The summed E-state index contributed by atoms with van der Waals surface area (Å²) >= 11 is 0. The van der Waals surface area contributed by atoms with E-state index in [2.05, 4.69) is 39.4 Å². The lowest BCUT2D eigenvalue weighted by molar-refractivity contribution is 0.103. The number of aryl methyl sites for hydroxylation is 1. The number of aromatic amines is 1. The third-order valence-electron chi connectivity index (χ3n) is 3.96. The average Bonchev–Trinajstić information content (AvgIpc) is 3.28. The summed E-state index contributed by atoms with van der Waals surface area (Å²) in [4.78, 5) is 15.8. The van der Waals surface area contributed by atoms with Crippen LogP contribution in [-0.4, -0.2) is 37.7 Å². The van der Waals surface area contributed by atoms with E-state index in [1.807, 2.05) is 11.5 Å². The van der Waals surface area contributed by atoms with Crippen LogP contribution in [0, 0.1) is 6.92 Å². The molecule has 2 heterocycles. The summed E-state index contributed by atoms with van der Waals surface area (Å²) in [6.07, 6.45) is 4.17. The summed E-state index contributed by atoms with van der Waals surface area (Å²) in [5.41, 5.74) is 3.77. The fraction of sp³-hybridized carbons (Fsp3) is 0.211. The number of nitrogens with zero attached hydrogens (tertiary/aromatic N) is 3. The number of hydrogen-bond acceptors (Lipinski definition) is 5. The SMILES string of the molecule is COCc1cc(C(O)=CC(=O)c2ncn[nH]2)cn1Cc1ccc(C)cc1. The minimum atomic E-state index is -0.445. The molecule has 0 radical (unpaired) electrons. The molecule has 0 spiro atoms. The predicted octanol–water partition coefficient (Wildman–Crippen LogP) is 2.89. The summed E-state index contributed by atoms with van der Waals surface area (Å²) in [5.74, 6) is -0.501. The van der Waals surface area contributed by atoms with Crippen LogP contribution in [0.1, 0.15) is 33.0 Å². The Balaban J connectivity index is 1.86. The van der Waals surface area contributed by atoms with E-state index in [-0.39, 0.29) is 11.6 Å². The van der Waals surface area contributed by atoms with Gasteiger partial charge in [-0.1, -0.05) is 29.8 Å². The highest BCUT2D eigenvalue weighted by Gasteiger charge is 2.13. The van der Waals surface area contributed by atoms with Gasteiger partial charge in [0.05, 0.1) is 6.61 Å². The van der Waals surface area contributed by atoms with Crippen LogP contribution in [0.5, 0.6) is 0 Å². The molecule has 3 rings (SSSR count). The zero-order chi connectivity index (χ0) is 18.5. The first-order valence-corrected chi connectivity index (χ1v) is 8.11. The van der Waals surface area contributed by atoms with Gasteiger partial charge in [0, 0.05) is 37.2 Å². The Labute approximate surface area is 151 Å². The van der Waals surface area contributed by atoms with E-state index in [0.29, 0.717) is 18.7 Å². The fourth-order valence-electron chi connectivity index (χ4n) is 2.60. The Morgan fingerprint density at radius 2 is 2.12 bits per heavy atom. The van der Waals surface area contributed by atoms with Crippen molar-refractivity contribution in [3.8, 4) is 0 Å². The van der Waals surface area contributed by atoms with Gasteiger partial charge in [0.1, 0.15) is 12.1 Å². The second kappa shape index (κ2) is 7.79. The minimum absolute atomic E-state index is 0.0766. The molecule has 0 aliphatic heterocycles. The minimum Gasteiger partial charge on any atom is -0.507 e. The molecule has 0 aliphatic rings. The summed E-state index contributed by atoms with van der Waals surface area (Å²) in [5, 5.41) is 16.4. The fourth-order valence-corrected chi connectivity index (χ4v) is 2.60. The number of benzene rings is 1. The molecule has 134 valence electrons.